The highest BCUT2D eigenvalue weighted by atomic mass is 79.9. The zero-order valence-corrected chi connectivity index (χ0v) is 15.9. The Morgan fingerprint density at radius 1 is 1.32 bits per heavy atom. The Morgan fingerprint density at radius 3 is 2.64 bits per heavy atom. The van der Waals surface area contributed by atoms with Crippen molar-refractivity contribution in [2.75, 3.05) is 0 Å². The maximum Gasteiger partial charge on any atom is 0.165 e. The van der Waals surface area contributed by atoms with Crippen molar-refractivity contribution < 1.29 is 9.47 Å². The van der Waals surface area contributed by atoms with Crippen molar-refractivity contribution in [1.82, 2.24) is 0 Å². The molecule has 1 heterocycles. The van der Waals surface area contributed by atoms with E-state index in [1.54, 1.807) is 0 Å². The molecule has 0 aliphatic carbocycles. The Balaban J connectivity index is 2.63. The van der Waals surface area contributed by atoms with Crippen molar-refractivity contribution in [3.05, 3.63) is 11.1 Å². The lowest BCUT2D eigenvalue weighted by atomic mass is 9.87. The number of ether oxygens (including phenoxy) is 2. The van der Waals surface area contributed by atoms with Crippen LogP contribution in [-0.4, -0.2) is 17.5 Å². The molecule has 4 heteroatoms. The molecular weight excluding hydrogens is 342 g/mol. The van der Waals surface area contributed by atoms with E-state index < -0.39 is 11.4 Å². The van der Waals surface area contributed by atoms with E-state index in [0.29, 0.717) is 6.42 Å². The van der Waals surface area contributed by atoms with E-state index >= 15 is 0 Å². The van der Waals surface area contributed by atoms with Crippen molar-refractivity contribution in [3.8, 4) is 6.07 Å². The van der Waals surface area contributed by atoms with Crippen molar-refractivity contribution in [2.24, 2.45) is 0 Å². The number of allylic oxidation sites excluding steroid dienone is 1. The van der Waals surface area contributed by atoms with E-state index in [-0.39, 0.29) is 6.10 Å². The summed E-state index contributed by atoms with van der Waals surface area (Å²) in [5.41, 5.74) is -0.723. The quantitative estimate of drug-likeness (QED) is 0.478. The smallest absolute Gasteiger partial charge is 0.165 e. The third kappa shape index (κ3) is 6.81. The number of rotatable bonds is 9. The van der Waals surface area contributed by atoms with Gasteiger partial charge >= 0.3 is 0 Å². The Hall–Kier alpha value is -0.370. The van der Waals surface area contributed by atoms with E-state index in [1.807, 2.05) is 13.8 Å². The molecule has 0 aromatic rings. The standard InChI is InChI=1S/C18H30BrNO2/c1-5-6-7-8-11-16-13-18(14-20,12-9-10-15(2)19)22-17(3,4)21-16/h16H,2,5-13H2,1,3-4H3/t16-,18+/m0/s1. The number of unbranched alkanes of at least 4 members (excludes halogenated alkanes) is 3. The van der Waals surface area contributed by atoms with Crippen LogP contribution in [0.3, 0.4) is 0 Å². The molecule has 0 amide bonds. The summed E-state index contributed by atoms with van der Waals surface area (Å²) in [6.07, 6.45) is 9.21. The monoisotopic (exact) mass is 371 g/mol. The minimum Gasteiger partial charge on any atom is -0.347 e. The molecule has 0 unspecified atom stereocenters. The van der Waals surface area contributed by atoms with Gasteiger partial charge in [0.15, 0.2) is 11.4 Å². The molecule has 0 saturated carbocycles. The van der Waals surface area contributed by atoms with Gasteiger partial charge in [0.05, 0.1) is 12.2 Å². The molecule has 0 aromatic carbocycles. The van der Waals surface area contributed by atoms with Crippen molar-refractivity contribution in [2.45, 2.75) is 96.1 Å². The highest BCUT2D eigenvalue weighted by Gasteiger charge is 2.45. The second kappa shape index (κ2) is 9.05. The van der Waals surface area contributed by atoms with Gasteiger partial charge in [-0.2, -0.15) is 5.26 Å². The summed E-state index contributed by atoms with van der Waals surface area (Å²) in [4.78, 5) is 0. The van der Waals surface area contributed by atoms with Crippen LogP contribution in [0.2, 0.25) is 0 Å². The molecule has 1 saturated heterocycles. The lowest BCUT2D eigenvalue weighted by molar-refractivity contribution is -0.321. The van der Waals surface area contributed by atoms with Crippen LogP contribution in [0.5, 0.6) is 0 Å². The fourth-order valence-electron chi connectivity index (χ4n) is 3.15. The molecule has 1 rings (SSSR count). The fourth-order valence-corrected chi connectivity index (χ4v) is 3.43. The van der Waals surface area contributed by atoms with Gasteiger partial charge in [-0.25, -0.2) is 0 Å². The summed E-state index contributed by atoms with van der Waals surface area (Å²) in [5.74, 6) is -0.686. The number of hydrogen-bond acceptors (Lipinski definition) is 3. The fraction of sp³-hybridized carbons (Fsp3) is 0.833. The van der Waals surface area contributed by atoms with Gasteiger partial charge in [0, 0.05) is 6.42 Å². The van der Waals surface area contributed by atoms with Crippen molar-refractivity contribution in [1.29, 1.82) is 5.26 Å². The first-order valence-corrected chi connectivity index (χ1v) is 9.24. The molecule has 0 radical (unpaired) electrons. The van der Waals surface area contributed by atoms with E-state index in [2.05, 4.69) is 35.5 Å². The van der Waals surface area contributed by atoms with E-state index in [9.17, 15) is 5.26 Å². The topological polar surface area (TPSA) is 42.2 Å². The number of halogens is 1. The molecule has 1 aliphatic heterocycles. The number of nitriles is 1. The highest BCUT2D eigenvalue weighted by molar-refractivity contribution is 9.11. The molecule has 0 spiro atoms. The van der Waals surface area contributed by atoms with Crippen LogP contribution in [0.25, 0.3) is 0 Å². The first kappa shape index (κ1) is 19.7. The van der Waals surface area contributed by atoms with Gasteiger partial charge in [0.1, 0.15) is 0 Å². The molecule has 22 heavy (non-hydrogen) atoms. The first-order chi connectivity index (χ1) is 10.3. The number of hydrogen-bond donors (Lipinski definition) is 0. The van der Waals surface area contributed by atoms with Crippen LogP contribution in [0.15, 0.2) is 11.1 Å². The minimum atomic E-state index is -0.723. The maximum absolute atomic E-state index is 9.70. The van der Waals surface area contributed by atoms with Crippen LogP contribution >= 0.6 is 15.9 Å². The van der Waals surface area contributed by atoms with Crippen LogP contribution in [0.1, 0.15) is 78.6 Å². The van der Waals surface area contributed by atoms with E-state index in [1.165, 1.54) is 19.3 Å². The van der Waals surface area contributed by atoms with Gasteiger partial charge < -0.3 is 9.47 Å². The van der Waals surface area contributed by atoms with Gasteiger partial charge in [0.2, 0.25) is 0 Å². The summed E-state index contributed by atoms with van der Waals surface area (Å²) in [7, 11) is 0. The molecule has 0 aromatic heterocycles. The maximum atomic E-state index is 9.70. The van der Waals surface area contributed by atoms with Crippen molar-refractivity contribution >= 4 is 15.9 Å². The van der Waals surface area contributed by atoms with E-state index in [4.69, 9.17) is 9.47 Å². The molecule has 126 valence electrons. The first-order valence-electron chi connectivity index (χ1n) is 8.45. The second-order valence-electron chi connectivity index (χ2n) is 6.77. The SMILES string of the molecule is C=C(Br)CCC[C@]1(C#N)C[C@H](CCCCCC)OC(C)(C)O1. The normalized spacial score (nSPS) is 27.3. The molecule has 2 atom stereocenters. The van der Waals surface area contributed by atoms with Crippen LogP contribution < -0.4 is 0 Å². The molecule has 0 bridgehead atoms. The van der Waals surface area contributed by atoms with Gasteiger partial charge in [0.25, 0.3) is 0 Å². The summed E-state index contributed by atoms with van der Waals surface area (Å²) < 4.78 is 13.0. The number of nitrogens with zero attached hydrogens (tertiary/aromatic N) is 1. The predicted octanol–water partition coefficient (Wildman–Crippen LogP) is 5.84. The largest absolute Gasteiger partial charge is 0.347 e. The van der Waals surface area contributed by atoms with Gasteiger partial charge in [-0.1, -0.05) is 55.1 Å². The third-order valence-corrected chi connectivity index (χ3v) is 4.46. The molecule has 3 nitrogen and oxygen atoms in total. The van der Waals surface area contributed by atoms with Crippen LogP contribution in [0, 0.1) is 11.3 Å². The Kier molecular flexibility index (Phi) is 8.10. The average molecular weight is 372 g/mol. The lowest BCUT2D eigenvalue weighted by Gasteiger charge is -2.45. The summed E-state index contributed by atoms with van der Waals surface area (Å²) in [6.45, 7) is 9.91. The minimum absolute atomic E-state index is 0.118. The Bertz CT molecular complexity index is 402. The molecular formula is C18H30BrNO2. The van der Waals surface area contributed by atoms with Crippen molar-refractivity contribution in [3.63, 3.8) is 0 Å². The molecule has 1 fully saturated rings. The predicted molar refractivity (Wildman–Crippen MR) is 93.7 cm³/mol. The lowest BCUT2D eigenvalue weighted by Crippen LogP contribution is -2.51. The second-order valence-corrected chi connectivity index (χ2v) is 7.89. The molecule has 0 N–H and O–H groups in total. The Morgan fingerprint density at radius 2 is 2.05 bits per heavy atom. The van der Waals surface area contributed by atoms with Crippen LogP contribution in [-0.2, 0) is 9.47 Å². The highest BCUT2D eigenvalue weighted by Crippen LogP contribution is 2.39. The van der Waals surface area contributed by atoms with Gasteiger partial charge in [-0.3, -0.25) is 0 Å². The van der Waals surface area contributed by atoms with Crippen LogP contribution in [0.4, 0.5) is 0 Å². The van der Waals surface area contributed by atoms with Gasteiger partial charge in [-0.05, 0) is 44.0 Å². The average Bonchev–Trinajstić information content (AvgIpc) is 2.41. The Labute approximate surface area is 144 Å². The summed E-state index contributed by atoms with van der Waals surface area (Å²) in [6, 6.07) is 2.43. The molecule has 1 aliphatic rings. The van der Waals surface area contributed by atoms with Gasteiger partial charge in [-0.15, -0.1) is 0 Å². The third-order valence-electron chi connectivity index (χ3n) is 4.06. The summed E-state index contributed by atoms with van der Waals surface area (Å²) in [5, 5.41) is 9.70. The zero-order chi connectivity index (χ0) is 16.6. The van der Waals surface area contributed by atoms with E-state index in [0.717, 1.165) is 36.6 Å². The zero-order valence-electron chi connectivity index (χ0n) is 14.3. The summed E-state index contributed by atoms with van der Waals surface area (Å²) >= 11 is 3.38.